The average Bonchev–Trinajstić information content (AvgIpc) is 2.99. The highest BCUT2D eigenvalue weighted by atomic mass is 16.5. The molecule has 2 fully saturated rings. The molecule has 2 rings (SSSR count). The Bertz CT molecular complexity index is 242. The van der Waals surface area contributed by atoms with Crippen LogP contribution in [0.2, 0.25) is 0 Å². The van der Waals surface area contributed by atoms with Gasteiger partial charge in [0.1, 0.15) is 6.04 Å². The Labute approximate surface area is 85.6 Å². The molecule has 1 saturated heterocycles. The molecule has 0 aromatic heterocycles. The van der Waals surface area contributed by atoms with Crippen LogP contribution in [0.4, 0.5) is 0 Å². The summed E-state index contributed by atoms with van der Waals surface area (Å²) in [7, 11) is 0. The predicted octanol–water partition coefficient (Wildman–Crippen LogP) is 1.40. The number of nitriles is 1. The van der Waals surface area contributed by atoms with Gasteiger partial charge in [-0.25, -0.2) is 0 Å². The second-order valence-electron chi connectivity index (χ2n) is 4.54. The van der Waals surface area contributed by atoms with Gasteiger partial charge in [-0.05, 0) is 24.7 Å². The van der Waals surface area contributed by atoms with E-state index in [9.17, 15) is 0 Å². The summed E-state index contributed by atoms with van der Waals surface area (Å²) < 4.78 is 5.31. The van der Waals surface area contributed by atoms with E-state index in [-0.39, 0.29) is 6.04 Å². The number of nitrogens with zero attached hydrogens (tertiary/aromatic N) is 2. The van der Waals surface area contributed by atoms with Crippen molar-refractivity contribution in [2.24, 2.45) is 5.41 Å². The molecule has 3 heteroatoms. The lowest BCUT2D eigenvalue weighted by atomic mass is 10.0. The monoisotopic (exact) mass is 194 g/mol. The van der Waals surface area contributed by atoms with Crippen LogP contribution >= 0.6 is 0 Å². The molecule has 0 aromatic rings. The summed E-state index contributed by atoms with van der Waals surface area (Å²) in [5, 5.41) is 8.98. The molecule has 0 amide bonds. The first-order valence-corrected chi connectivity index (χ1v) is 5.51. The van der Waals surface area contributed by atoms with E-state index in [4.69, 9.17) is 10.00 Å². The van der Waals surface area contributed by atoms with Gasteiger partial charge in [-0.2, -0.15) is 5.26 Å². The van der Waals surface area contributed by atoms with Crippen LogP contribution in [0.25, 0.3) is 0 Å². The largest absolute Gasteiger partial charge is 0.377 e. The number of hydrogen-bond donors (Lipinski definition) is 0. The average molecular weight is 194 g/mol. The minimum Gasteiger partial charge on any atom is -0.377 e. The number of hydrogen-bond acceptors (Lipinski definition) is 3. The van der Waals surface area contributed by atoms with Gasteiger partial charge in [0.2, 0.25) is 0 Å². The Morgan fingerprint density at radius 1 is 1.57 bits per heavy atom. The maximum atomic E-state index is 8.98. The third-order valence-electron chi connectivity index (χ3n) is 3.63. The molecule has 0 aromatic carbocycles. The van der Waals surface area contributed by atoms with E-state index in [1.54, 1.807) is 0 Å². The highest BCUT2D eigenvalue weighted by Crippen LogP contribution is 2.49. The van der Waals surface area contributed by atoms with Crippen molar-refractivity contribution >= 4 is 0 Å². The fourth-order valence-electron chi connectivity index (χ4n) is 2.18. The summed E-state index contributed by atoms with van der Waals surface area (Å²) in [6, 6.07) is 2.32. The van der Waals surface area contributed by atoms with E-state index < -0.39 is 0 Å². The van der Waals surface area contributed by atoms with Crippen LogP contribution < -0.4 is 0 Å². The maximum Gasteiger partial charge on any atom is 0.121 e. The Hall–Kier alpha value is -0.590. The van der Waals surface area contributed by atoms with E-state index >= 15 is 0 Å². The molecule has 0 radical (unpaired) electrons. The highest BCUT2D eigenvalue weighted by molar-refractivity contribution is 5.00. The lowest BCUT2D eigenvalue weighted by Crippen LogP contribution is -2.47. The molecular formula is C11H18N2O. The van der Waals surface area contributed by atoms with E-state index in [0.717, 1.165) is 19.7 Å². The first-order chi connectivity index (χ1) is 6.79. The topological polar surface area (TPSA) is 36.3 Å². The normalized spacial score (nSPS) is 31.0. The van der Waals surface area contributed by atoms with Gasteiger partial charge in [-0.1, -0.05) is 6.92 Å². The smallest absolute Gasteiger partial charge is 0.121 e. The second kappa shape index (κ2) is 3.88. The van der Waals surface area contributed by atoms with Crippen LogP contribution in [0.5, 0.6) is 0 Å². The Kier molecular flexibility index (Phi) is 2.76. The van der Waals surface area contributed by atoms with Crippen LogP contribution in [0.15, 0.2) is 0 Å². The van der Waals surface area contributed by atoms with Crippen molar-refractivity contribution in [3.05, 3.63) is 0 Å². The van der Waals surface area contributed by atoms with Gasteiger partial charge in [0.25, 0.3) is 0 Å². The molecule has 14 heavy (non-hydrogen) atoms. The van der Waals surface area contributed by atoms with Crippen molar-refractivity contribution in [3.63, 3.8) is 0 Å². The lowest BCUT2D eigenvalue weighted by molar-refractivity contribution is 0.00323. The van der Waals surface area contributed by atoms with Crippen LogP contribution in [0.1, 0.15) is 26.2 Å². The van der Waals surface area contributed by atoms with Gasteiger partial charge in [0, 0.05) is 13.1 Å². The molecule has 0 N–H and O–H groups in total. The molecule has 3 nitrogen and oxygen atoms in total. The first kappa shape index (κ1) is 9.95. The van der Waals surface area contributed by atoms with E-state index in [1.165, 1.54) is 19.3 Å². The third kappa shape index (κ3) is 1.92. The van der Waals surface area contributed by atoms with Crippen molar-refractivity contribution in [2.75, 3.05) is 26.3 Å². The summed E-state index contributed by atoms with van der Waals surface area (Å²) in [6.45, 7) is 5.67. The van der Waals surface area contributed by atoms with E-state index in [0.29, 0.717) is 12.0 Å². The Balaban J connectivity index is 1.92. The van der Waals surface area contributed by atoms with Gasteiger partial charge >= 0.3 is 0 Å². The summed E-state index contributed by atoms with van der Waals surface area (Å²) in [6.07, 6.45) is 3.94. The van der Waals surface area contributed by atoms with Crippen molar-refractivity contribution in [2.45, 2.75) is 32.2 Å². The molecule has 0 spiro atoms. The predicted molar refractivity (Wildman–Crippen MR) is 53.8 cm³/mol. The number of rotatable bonds is 3. The van der Waals surface area contributed by atoms with Crippen LogP contribution in [0, 0.1) is 16.7 Å². The van der Waals surface area contributed by atoms with Crippen molar-refractivity contribution < 1.29 is 4.74 Å². The minimum atomic E-state index is -0.00669. The summed E-state index contributed by atoms with van der Waals surface area (Å²) >= 11 is 0. The fraction of sp³-hybridized carbons (Fsp3) is 0.909. The molecule has 78 valence electrons. The van der Waals surface area contributed by atoms with Gasteiger partial charge < -0.3 is 4.74 Å². The summed E-state index contributed by atoms with van der Waals surface area (Å²) in [5.74, 6) is 0. The van der Waals surface area contributed by atoms with Gasteiger partial charge in [0.05, 0.1) is 19.3 Å². The summed E-state index contributed by atoms with van der Waals surface area (Å²) in [4.78, 5) is 2.31. The molecule has 0 bridgehead atoms. The maximum absolute atomic E-state index is 8.98. The van der Waals surface area contributed by atoms with Gasteiger partial charge in [-0.3, -0.25) is 4.90 Å². The Morgan fingerprint density at radius 2 is 2.36 bits per heavy atom. The van der Waals surface area contributed by atoms with Crippen molar-refractivity contribution in [3.8, 4) is 6.07 Å². The molecule has 1 saturated carbocycles. The number of morpholine rings is 1. The number of ether oxygens (including phenoxy) is 1. The summed E-state index contributed by atoms with van der Waals surface area (Å²) in [5.41, 5.74) is 0.548. The zero-order valence-electron chi connectivity index (χ0n) is 8.83. The van der Waals surface area contributed by atoms with Crippen molar-refractivity contribution in [1.29, 1.82) is 5.26 Å². The van der Waals surface area contributed by atoms with Crippen LogP contribution in [0.3, 0.4) is 0 Å². The zero-order chi connectivity index (χ0) is 10.0. The van der Waals surface area contributed by atoms with Gasteiger partial charge in [-0.15, -0.1) is 0 Å². The lowest BCUT2D eigenvalue weighted by Gasteiger charge is -2.34. The van der Waals surface area contributed by atoms with Crippen molar-refractivity contribution in [1.82, 2.24) is 4.90 Å². The highest BCUT2D eigenvalue weighted by Gasteiger charge is 2.43. The van der Waals surface area contributed by atoms with E-state index in [2.05, 4.69) is 17.9 Å². The van der Waals surface area contributed by atoms with Crippen LogP contribution in [-0.4, -0.2) is 37.2 Å². The molecule has 1 aliphatic heterocycles. The SMILES string of the molecule is CCC1(CN2CCOC[C@@H]2C#N)CC1. The molecule has 2 aliphatic rings. The van der Waals surface area contributed by atoms with Crippen LogP contribution in [-0.2, 0) is 4.74 Å². The van der Waals surface area contributed by atoms with Gasteiger partial charge in [0.15, 0.2) is 0 Å². The second-order valence-corrected chi connectivity index (χ2v) is 4.54. The van der Waals surface area contributed by atoms with E-state index in [1.807, 2.05) is 0 Å². The Morgan fingerprint density at radius 3 is 2.93 bits per heavy atom. The molecule has 1 atom stereocenters. The fourth-order valence-corrected chi connectivity index (χ4v) is 2.18. The molecule has 1 aliphatic carbocycles. The minimum absolute atomic E-state index is 0.00669. The third-order valence-corrected chi connectivity index (χ3v) is 3.63. The zero-order valence-corrected chi connectivity index (χ0v) is 8.83. The molecule has 0 unspecified atom stereocenters. The molecule has 1 heterocycles. The standard InChI is InChI=1S/C11H18N2O/c1-2-11(3-4-11)9-13-5-6-14-8-10(13)7-12/h10H,2-6,8-9H2,1H3/t10-/m0/s1. The quantitative estimate of drug-likeness (QED) is 0.681. The molecular weight excluding hydrogens is 176 g/mol. The first-order valence-electron chi connectivity index (χ1n) is 5.51.